The first-order valence-electron chi connectivity index (χ1n) is 5.98. The molecule has 0 bridgehead atoms. The zero-order valence-corrected chi connectivity index (χ0v) is 12.3. The Balaban J connectivity index is 2.81. The summed E-state index contributed by atoms with van der Waals surface area (Å²) >= 11 is 3.64. The number of aryl methyl sites for hydroxylation is 1. The van der Waals surface area contributed by atoms with Gasteiger partial charge in [0.25, 0.3) is 0 Å². The molecule has 90 valence electrons. The van der Waals surface area contributed by atoms with Crippen LogP contribution in [0.4, 0.5) is 0 Å². The van der Waals surface area contributed by atoms with E-state index in [-0.39, 0.29) is 0 Å². The lowest BCUT2D eigenvalue weighted by atomic mass is 9.97. The zero-order chi connectivity index (χ0) is 12.1. The molecule has 2 heteroatoms. The monoisotopic (exact) mass is 283 g/mol. The minimum absolute atomic E-state index is 0.455. The summed E-state index contributed by atoms with van der Waals surface area (Å²) in [5.74, 6) is 0.763. The smallest absolute Gasteiger partial charge is 0.0328 e. The molecule has 1 atom stereocenters. The fraction of sp³-hybridized carbons (Fsp3) is 0.571. The van der Waals surface area contributed by atoms with Gasteiger partial charge in [-0.15, -0.1) is 0 Å². The molecule has 0 fully saturated rings. The molecule has 0 aliphatic rings. The molecule has 1 N–H and O–H groups in total. The van der Waals surface area contributed by atoms with Crippen molar-refractivity contribution in [3.8, 4) is 0 Å². The first kappa shape index (κ1) is 13.7. The highest BCUT2D eigenvalue weighted by Gasteiger charge is 2.13. The van der Waals surface area contributed by atoms with Crippen LogP contribution in [0.25, 0.3) is 0 Å². The van der Waals surface area contributed by atoms with Gasteiger partial charge in [-0.1, -0.05) is 47.5 Å². The topological polar surface area (TPSA) is 12.0 Å². The van der Waals surface area contributed by atoms with Crippen molar-refractivity contribution in [1.82, 2.24) is 5.32 Å². The molecule has 0 radical (unpaired) electrons. The quantitative estimate of drug-likeness (QED) is 0.842. The van der Waals surface area contributed by atoms with Gasteiger partial charge < -0.3 is 5.32 Å². The van der Waals surface area contributed by atoms with Crippen molar-refractivity contribution in [2.75, 3.05) is 7.05 Å². The predicted octanol–water partition coefficient (Wildman–Crippen LogP) is 4.45. The fourth-order valence-corrected chi connectivity index (χ4v) is 2.41. The van der Waals surface area contributed by atoms with E-state index in [1.54, 1.807) is 0 Å². The van der Waals surface area contributed by atoms with E-state index in [9.17, 15) is 0 Å². The Morgan fingerprint density at radius 3 is 2.50 bits per heavy atom. The molecule has 0 saturated carbocycles. The molecule has 1 rings (SSSR count). The number of nitrogens with one attached hydrogen (secondary N) is 1. The van der Waals surface area contributed by atoms with Crippen LogP contribution >= 0.6 is 15.9 Å². The van der Waals surface area contributed by atoms with E-state index in [0.717, 1.165) is 5.92 Å². The first-order valence-corrected chi connectivity index (χ1v) is 6.77. The molecule has 0 saturated heterocycles. The van der Waals surface area contributed by atoms with E-state index in [2.05, 4.69) is 60.2 Å². The van der Waals surface area contributed by atoms with Gasteiger partial charge in [0.1, 0.15) is 0 Å². The van der Waals surface area contributed by atoms with Gasteiger partial charge in [-0.2, -0.15) is 0 Å². The maximum Gasteiger partial charge on any atom is 0.0328 e. The fourth-order valence-electron chi connectivity index (χ4n) is 1.89. The lowest BCUT2D eigenvalue weighted by molar-refractivity contribution is 0.464. The summed E-state index contributed by atoms with van der Waals surface area (Å²) in [5, 5.41) is 3.41. The Kier molecular flexibility index (Phi) is 5.50. The van der Waals surface area contributed by atoms with E-state index >= 15 is 0 Å². The average molecular weight is 284 g/mol. The van der Waals surface area contributed by atoms with Crippen LogP contribution in [0.1, 0.15) is 43.9 Å². The second kappa shape index (κ2) is 6.41. The van der Waals surface area contributed by atoms with Crippen LogP contribution in [0.15, 0.2) is 22.7 Å². The summed E-state index contributed by atoms with van der Waals surface area (Å²) in [6, 6.07) is 7.01. The molecule has 1 aromatic rings. The molecular weight excluding hydrogens is 262 g/mol. The van der Waals surface area contributed by atoms with E-state index in [4.69, 9.17) is 0 Å². The minimum Gasteiger partial charge on any atom is -0.313 e. The van der Waals surface area contributed by atoms with Crippen molar-refractivity contribution in [2.45, 2.75) is 39.7 Å². The summed E-state index contributed by atoms with van der Waals surface area (Å²) in [6.45, 7) is 6.70. The van der Waals surface area contributed by atoms with Gasteiger partial charge in [-0.05, 0) is 44.4 Å². The van der Waals surface area contributed by atoms with E-state index < -0.39 is 0 Å². The van der Waals surface area contributed by atoms with Crippen molar-refractivity contribution < 1.29 is 0 Å². The van der Waals surface area contributed by atoms with Gasteiger partial charge in [0, 0.05) is 10.5 Å². The van der Waals surface area contributed by atoms with Crippen LogP contribution in [0.2, 0.25) is 0 Å². The average Bonchev–Trinajstić information content (AvgIpc) is 2.23. The summed E-state index contributed by atoms with van der Waals surface area (Å²) in [4.78, 5) is 0. The maximum atomic E-state index is 3.64. The van der Waals surface area contributed by atoms with Crippen LogP contribution in [-0.4, -0.2) is 7.05 Å². The second-order valence-corrected chi connectivity index (χ2v) is 5.69. The summed E-state index contributed by atoms with van der Waals surface area (Å²) in [7, 11) is 2.04. The molecular formula is C14H22BrN. The van der Waals surface area contributed by atoms with Crippen molar-refractivity contribution in [3.05, 3.63) is 33.8 Å². The Bertz CT molecular complexity index is 334. The van der Waals surface area contributed by atoms with Crippen molar-refractivity contribution in [3.63, 3.8) is 0 Å². The normalized spacial score (nSPS) is 13.1. The third kappa shape index (κ3) is 3.91. The highest BCUT2D eigenvalue weighted by Crippen LogP contribution is 2.28. The van der Waals surface area contributed by atoms with Crippen molar-refractivity contribution >= 4 is 15.9 Å². The van der Waals surface area contributed by atoms with E-state index in [1.165, 1.54) is 28.4 Å². The Hall–Kier alpha value is -0.340. The molecule has 16 heavy (non-hydrogen) atoms. The lowest BCUT2D eigenvalue weighted by Gasteiger charge is -2.19. The Morgan fingerprint density at radius 2 is 1.94 bits per heavy atom. The maximum absolute atomic E-state index is 3.64. The second-order valence-electron chi connectivity index (χ2n) is 4.84. The Morgan fingerprint density at radius 1 is 1.25 bits per heavy atom. The predicted molar refractivity (Wildman–Crippen MR) is 74.8 cm³/mol. The molecule has 0 aliphatic heterocycles. The summed E-state index contributed by atoms with van der Waals surface area (Å²) < 4.78 is 1.21. The van der Waals surface area contributed by atoms with Crippen molar-refractivity contribution in [2.24, 2.45) is 5.92 Å². The van der Waals surface area contributed by atoms with Crippen LogP contribution in [0.5, 0.6) is 0 Å². The number of halogens is 1. The van der Waals surface area contributed by atoms with Crippen LogP contribution in [0, 0.1) is 12.8 Å². The van der Waals surface area contributed by atoms with Gasteiger partial charge in [0.05, 0.1) is 0 Å². The molecule has 1 unspecified atom stereocenters. The minimum atomic E-state index is 0.455. The van der Waals surface area contributed by atoms with E-state index in [0.29, 0.717) is 6.04 Å². The first-order chi connectivity index (χ1) is 7.54. The molecule has 0 aliphatic carbocycles. The molecule has 1 nitrogen and oxygen atoms in total. The molecule has 0 amide bonds. The molecule has 0 heterocycles. The third-order valence-electron chi connectivity index (χ3n) is 2.91. The SMILES string of the molecule is CNC(CCC(C)C)c1cc(C)ccc1Br. The Labute approximate surface area is 108 Å². The summed E-state index contributed by atoms with van der Waals surface area (Å²) in [6.07, 6.45) is 2.45. The summed E-state index contributed by atoms with van der Waals surface area (Å²) in [5.41, 5.74) is 2.70. The number of hydrogen-bond donors (Lipinski definition) is 1. The van der Waals surface area contributed by atoms with Gasteiger partial charge >= 0.3 is 0 Å². The van der Waals surface area contributed by atoms with Gasteiger partial charge in [0.15, 0.2) is 0 Å². The molecule has 0 spiro atoms. The van der Waals surface area contributed by atoms with Gasteiger partial charge in [-0.25, -0.2) is 0 Å². The van der Waals surface area contributed by atoms with Gasteiger partial charge in [0.2, 0.25) is 0 Å². The van der Waals surface area contributed by atoms with E-state index in [1.807, 2.05) is 7.05 Å². The molecule has 1 aromatic carbocycles. The third-order valence-corrected chi connectivity index (χ3v) is 3.63. The van der Waals surface area contributed by atoms with Gasteiger partial charge in [-0.3, -0.25) is 0 Å². The highest BCUT2D eigenvalue weighted by atomic mass is 79.9. The number of rotatable bonds is 5. The highest BCUT2D eigenvalue weighted by molar-refractivity contribution is 9.10. The zero-order valence-electron chi connectivity index (χ0n) is 10.7. The number of hydrogen-bond acceptors (Lipinski definition) is 1. The standard InChI is InChI=1S/C14H22BrN/c1-10(2)5-8-14(16-4)12-9-11(3)6-7-13(12)15/h6-7,9-10,14,16H,5,8H2,1-4H3. The largest absolute Gasteiger partial charge is 0.313 e. The van der Waals surface area contributed by atoms with Crippen LogP contribution < -0.4 is 5.32 Å². The molecule has 0 aromatic heterocycles. The lowest BCUT2D eigenvalue weighted by Crippen LogP contribution is -2.17. The number of benzene rings is 1. The van der Waals surface area contributed by atoms with Crippen molar-refractivity contribution in [1.29, 1.82) is 0 Å². The van der Waals surface area contributed by atoms with Crippen LogP contribution in [0.3, 0.4) is 0 Å². The van der Waals surface area contributed by atoms with Crippen LogP contribution in [-0.2, 0) is 0 Å².